The van der Waals surface area contributed by atoms with Gasteiger partial charge in [0.2, 0.25) is 0 Å². The minimum Gasteiger partial charge on any atom is -0.507 e. The lowest BCUT2D eigenvalue weighted by atomic mass is 10.1. The maximum absolute atomic E-state index is 12.1. The Labute approximate surface area is 127 Å². The minimum atomic E-state index is -0.451. The average molecular weight is 300 g/mol. The lowest BCUT2D eigenvalue weighted by Gasteiger charge is -2.08. The predicted octanol–water partition coefficient (Wildman–Crippen LogP) is 2.01. The molecule has 0 heterocycles. The zero-order chi connectivity index (χ0) is 16.1. The number of phenols is 1. The number of anilines is 1. The maximum Gasteiger partial charge on any atom is 0.259 e. The summed E-state index contributed by atoms with van der Waals surface area (Å²) in [5.41, 5.74) is 1.15. The van der Waals surface area contributed by atoms with E-state index < -0.39 is 5.91 Å². The number of carbonyl (C=O) groups excluding carboxylic acids is 2. The van der Waals surface area contributed by atoms with Crippen molar-refractivity contribution in [3.63, 3.8) is 0 Å². The zero-order valence-electron chi connectivity index (χ0n) is 12.2. The Morgan fingerprint density at radius 1 is 1.05 bits per heavy atom. The lowest BCUT2D eigenvalue weighted by Crippen LogP contribution is -2.17. The molecule has 0 fully saturated rings. The summed E-state index contributed by atoms with van der Waals surface area (Å²) >= 11 is 0. The number of nitrogens with one attached hydrogen (secondary N) is 2. The van der Waals surface area contributed by atoms with Crippen LogP contribution in [0.5, 0.6) is 11.5 Å². The third-order valence-corrected chi connectivity index (χ3v) is 3.08. The summed E-state index contributed by atoms with van der Waals surface area (Å²) in [5, 5.41) is 15.0. The van der Waals surface area contributed by atoms with Crippen molar-refractivity contribution >= 4 is 17.5 Å². The molecule has 2 aromatic rings. The standard InChI is InChI=1S/C16H16N2O4/c1-17-15(20)10-3-5-11(6-4-10)18-16(21)13-8-7-12(22-2)9-14(13)19/h3-9,19H,1-2H3,(H,17,20)(H,18,21). The van der Waals surface area contributed by atoms with E-state index in [-0.39, 0.29) is 17.2 Å². The van der Waals surface area contributed by atoms with Gasteiger partial charge in [0.1, 0.15) is 11.5 Å². The topological polar surface area (TPSA) is 87.7 Å². The van der Waals surface area contributed by atoms with E-state index in [0.717, 1.165) is 0 Å². The molecule has 0 bridgehead atoms. The summed E-state index contributed by atoms with van der Waals surface area (Å²) in [6.07, 6.45) is 0. The van der Waals surface area contributed by atoms with Crippen molar-refractivity contribution in [2.45, 2.75) is 0 Å². The summed E-state index contributed by atoms with van der Waals surface area (Å²) in [4.78, 5) is 23.5. The van der Waals surface area contributed by atoms with Crippen LogP contribution in [-0.2, 0) is 0 Å². The Morgan fingerprint density at radius 3 is 2.27 bits per heavy atom. The van der Waals surface area contributed by atoms with Crippen molar-refractivity contribution in [1.29, 1.82) is 0 Å². The van der Waals surface area contributed by atoms with Gasteiger partial charge in [-0.15, -0.1) is 0 Å². The molecule has 0 saturated carbocycles. The predicted molar refractivity (Wildman–Crippen MR) is 82.4 cm³/mol. The molecule has 0 aromatic heterocycles. The van der Waals surface area contributed by atoms with Gasteiger partial charge in [0, 0.05) is 24.4 Å². The molecule has 2 amide bonds. The monoisotopic (exact) mass is 300 g/mol. The highest BCUT2D eigenvalue weighted by Gasteiger charge is 2.12. The number of rotatable bonds is 4. The van der Waals surface area contributed by atoms with Gasteiger partial charge in [-0.1, -0.05) is 0 Å². The van der Waals surface area contributed by atoms with Crippen molar-refractivity contribution in [2.75, 3.05) is 19.5 Å². The summed E-state index contributed by atoms with van der Waals surface area (Å²) in [7, 11) is 3.02. The minimum absolute atomic E-state index is 0.135. The quantitative estimate of drug-likeness (QED) is 0.806. The van der Waals surface area contributed by atoms with E-state index in [0.29, 0.717) is 17.0 Å². The largest absolute Gasteiger partial charge is 0.507 e. The first-order valence-corrected chi connectivity index (χ1v) is 6.55. The first-order valence-electron chi connectivity index (χ1n) is 6.55. The fourth-order valence-electron chi connectivity index (χ4n) is 1.88. The number of carbonyl (C=O) groups is 2. The molecule has 0 unspecified atom stereocenters. The van der Waals surface area contributed by atoms with E-state index in [2.05, 4.69) is 10.6 Å². The number of benzene rings is 2. The molecular formula is C16H16N2O4. The Hall–Kier alpha value is -3.02. The van der Waals surface area contributed by atoms with Crippen LogP contribution in [-0.4, -0.2) is 31.1 Å². The van der Waals surface area contributed by atoms with Gasteiger partial charge in [-0.05, 0) is 36.4 Å². The number of aromatic hydroxyl groups is 1. The van der Waals surface area contributed by atoms with Crippen LogP contribution in [0.25, 0.3) is 0 Å². The molecule has 0 radical (unpaired) electrons. The second-order valence-electron chi connectivity index (χ2n) is 4.49. The number of methoxy groups -OCH3 is 1. The van der Waals surface area contributed by atoms with Gasteiger partial charge >= 0.3 is 0 Å². The molecular weight excluding hydrogens is 284 g/mol. The molecule has 2 rings (SSSR count). The summed E-state index contributed by atoms with van der Waals surface area (Å²) in [6, 6.07) is 10.9. The number of hydrogen-bond donors (Lipinski definition) is 3. The van der Waals surface area contributed by atoms with E-state index >= 15 is 0 Å². The third-order valence-electron chi connectivity index (χ3n) is 3.08. The Kier molecular flexibility index (Phi) is 4.63. The van der Waals surface area contributed by atoms with Gasteiger partial charge in [0.25, 0.3) is 11.8 Å². The van der Waals surface area contributed by atoms with Gasteiger partial charge in [0.05, 0.1) is 12.7 Å². The van der Waals surface area contributed by atoms with E-state index in [1.807, 2.05) is 0 Å². The van der Waals surface area contributed by atoms with Crippen LogP contribution in [0.1, 0.15) is 20.7 Å². The zero-order valence-corrected chi connectivity index (χ0v) is 12.2. The fraction of sp³-hybridized carbons (Fsp3) is 0.125. The first kappa shape index (κ1) is 15.4. The van der Waals surface area contributed by atoms with Crippen molar-refractivity contribution in [2.24, 2.45) is 0 Å². The lowest BCUT2D eigenvalue weighted by molar-refractivity contribution is 0.0962. The first-order chi connectivity index (χ1) is 10.5. The molecule has 114 valence electrons. The van der Waals surface area contributed by atoms with Crippen LogP contribution in [0.2, 0.25) is 0 Å². The number of amides is 2. The van der Waals surface area contributed by atoms with Gasteiger partial charge in [-0.3, -0.25) is 9.59 Å². The SMILES string of the molecule is CNC(=O)c1ccc(NC(=O)c2ccc(OC)cc2O)cc1. The number of ether oxygens (including phenoxy) is 1. The van der Waals surface area contributed by atoms with E-state index in [1.54, 1.807) is 37.4 Å². The highest BCUT2D eigenvalue weighted by atomic mass is 16.5. The number of hydrogen-bond acceptors (Lipinski definition) is 4. The molecule has 3 N–H and O–H groups in total. The highest BCUT2D eigenvalue weighted by Crippen LogP contribution is 2.24. The van der Waals surface area contributed by atoms with Gasteiger partial charge in [0.15, 0.2) is 0 Å². The van der Waals surface area contributed by atoms with Gasteiger partial charge in [-0.2, -0.15) is 0 Å². The van der Waals surface area contributed by atoms with Crippen LogP contribution in [0.4, 0.5) is 5.69 Å². The molecule has 6 nitrogen and oxygen atoms in total. The Balaban J connectivity index is 2.13. The summed E-state index contributed by atoms with van der Waals surface area (Å²) < 4.78 is 4.96. The highest BCUT2D eigenvalue weighted by molar-refractivity contribution is 6.06. The fourth-order valence-corrected chi connectivity index (χ4v) is 1.88. The third kappa shape index (κ3) is 3.35. The molecule has 0 saturated heterocycles. The number of phenolic OH excluding ortho intramolecular Hbond substituents is 1. The van der Waals surface area contributed by atoms with Crippen LogP contribution in [0, 0.1) is 0 Å². The molecule has 0 aliphatic rings. The van der Waals surface area contributed by atoms with Crippen molar-refractivity contribution in [3.8, 4) is 11.5 Å². The van der Waals surface area contributed by atoms with E-state index in [1.165, 1.54) is 19.2 Å². The second-order valence-corrected chi connectivity index (χ2v) is 4.49. The summed E-state index contributed by atoms with van der Waals surface area (Å²) in [5.74, 6) is -0.360. The second kappa shape index (κ2) is 6.62. The normalized spacial score (nSPS) is 9.91. The molecule has 2 aromatic carbocycles. The van der Waals surface area contributed by atoms with Gasteiger partial charge in [-0.25, -0.2) is 0 Å². The molecule has 0 atom stereocenters. The molecule has 6 heteroatoms. The Morgan fingerprint density at radius 2 is 1.73 bits per heavy atom. The van der Waals surface area contributed by atoms with Crippen molar-refractivity contribution in [1.82, 2.24) is 5.32 Å². The Bertz CT molecular complexity index is 696. The van der Waals surface area contributed by atoms with Crippen LogP contribution < -0.4 is 15.4 Å². The van der Waals surface area contributed by atoms with Gasteiger partial charge < -0.3 is 20.5 Å². The summed E-state index contributed by atoms with van der Waals surface area (Å²) in [6.45, 7) is 0. The van der Waals surface area contributed by atoms with Crippen LogP contribution in [0.3, 0.4) is 0 Å². The smallest absolute Gasteiger partial charge is 0.259 e. The van der Waals surface area contributed by atoms with E-state index in [9.17, 15) is 14.7 Å². The molecule has 0 aliphatic heterocycles. The van der Waals surface area contributed by atoms with E-state index in [4.69, 9.17) is 4.74 Å². The molecule has 0 spiro atoms. The maximum atomic E-state index is 12.1. The molecule has 22 heavy (non-hydrogen) atoms. The molecule has 0 aliphatic carbocycles. The van der Waals surface area contributed by atoms with Crippen LogP contribution >= 0.6 is 0 Å². The van der Waals surface area contributed by atoms with Crippen LogP contribution in [0.15, 0.2) is 42.5 Å². The van der Waals surface area contributed by atoms with Crippen molar-refractivity contribution in [3.05, 3.63) is 53.6 Å². The van der Waals surface area contributed by atoms with Crippen molar-refractivity contribution < 1.29 is 19.4 Å². The average Bonchev–Trinajstić information content (AvgIpc) is 2.54.